The fourth-order valence-corrected chi connectivity index (χ4v) is 1.67. The highest BCUT2D eigenvalue weighted by atomic mass is 16.1. The third-order valence-electron chi connectivity index (χ3n) is 2.84. The number of carbonyl (C=O) groups is 1. The normalized spacial score (nSPS) is 10.7. The Morgan fingerprint density at radius 2 is 1.58 bits per heavy atom. The summed E-state index contributed by atoms with van der Waals surface area (Å²) >= 11 is 0. The molecule has 0 saturated heterocycles. The van der Waals surface area contributed by atoms with Gasteiger partial charge in [0, 0.05) is 6.42 Å². The van der Waals surface area contributed by atoms with E-state index in [1.807, 2.05) is 6.08 Å². The minimum absolute atomic E-state index is 0.190. The summed E-state index contributed by atoms with van der Waals surface area (Å²) in [4.78, 5) is 10.8. The van der Waals surface area contributed by atoms with E-state index in [-0.39, 0.29) is 5.78 Å². The smallest absolute Gasteiger partial charge is 0.134 e. The van der Waals surface area contributed by atoms with Crippen LogP contribution in [0.3, 0.4) is 0 Å². The summed E-state index contributed by atoms with van der Waals surface area (Å²) in [5.74, 6) is 0.190. The van der Waals surface area contributed by atoms with Crippen LogP contribution in [0.15, 0.2) is 40.7 Å². The van der Waals surface area contributed by atoms with E-state index in [0.717, 1.165) is 25.7 Å². The molecular weight excluding hydrogens is 232 g/mol. The van der Waals surface area contributed by atoms with Gasteiger partial charge in [-0.15, -0.1) is 5.73 Å². The standard InChI is InChI=1S/C18H28O/c1-15(2)9-6-10-16(3)11-7-12-17(4)13-8-14-18(5)19/h8-9,11H,6-7,10,12,14H2,1-5H3/b16-11+. The molecule has 0 aromatic rings. The number of carbonyl (C=O) groups excluding carboxylic acids is 1. The van der Waals surface area contributed by atoms with E-state index < -0.39 is 0 Å². The van der Waals surface area contributed by atoms with Gasteiger partial charge in [0.05, 0.1) is 0 Å². The molecule has 0 bridgehead atoms. The van der Waals surface area contributed by atoms with Gasteiger partial charge >= 0.3 is 0 Å². The van der Waals surface area contributed by atoms with Gasteiger partial charge in [-0.05, 0) is 72.0 Å². The molecule has 0 rings (SSSR count). The molecule has 0 saturated carbocycles. The lowest BCUT2D eigenvalue weighted by atomic mass is 10.1. The van der Waals surface area contributed by atoms with Crippen molar-refractivity contribution in [3.63, 3.8) is 0 Å². The highest BCUT2D eigenvalue weighted by Crippen LogP contribution is 2.10. The molecule has 106 valence electrons. The van der Waals surface area contributed by atoms with Crippen molar-refractivity contribution in [1.82, 2.24) is 0 Å². The summed E-state index contributed by atoms with van der Waals surface area (Å²) in [7, 11) is 0. The SMILES string of the molecule is CC(=O)CC=C=C(C)CC/C=C(\C)CCC=C(C)C. The zero-order valence-corrected chi connectivity index (χ0v) is 13.2. The molecule has 0 heterocycles. The van der Waals surface area contributed by atoms with Crippen LogP contribution in [0.4, 0.5) is 0 Å². The van der Waals surface area contributed by atoms with Crippen molar-refractivity contribution in [1.29, 1.82) is 0 Å². The predicted octanol–water partition coefficient (Wildman–Crippen LogP) is 5.54. The Kier molecular flexibility index (Phi) is 9.84. The molecule has 19 heavy (non-hydrogen) atoms. The van der Waals surface area contributed by atoms with Crippen molar-refractivity contribution in [2.45, 2.75) is 66.7 Å². The third kappa shape index (κ3) is 12.9. The summed E-state index contributed by atoms with van der Waals surface area (Å²) in [6.07, 6.45) is 11.3. The topological polar surface area (TPSA) is 17.1 Å². The highest BCUT2D eigenvalue weighted by Gasteiger charge is 1.91. The van der Waals surface area contributed by atoms with Gasteiger partial charge in [0.15, 0.2) is 0 Å². The summed E-state index contributed by atoms with van der Waals surface area (Å²) in [5, 5.41) is 0. The average Bonchev–Trinajstić information content (AvgIpc) is 2.27. The molecule has 0 N–H and O–H groups in total. The molecule has 0 aliphatic carbocycles. The zero-order valence-electron chi connectivity index (χ0n) is 13.2. The maximum atomic E-state index is 10.8. The van der Waals surface area contributed by atoms with E-state index >= 15 is 0 Å². The Morgan fingerprint density at radius 3 is 2.16 bits per heavy atom. The molecule has 0 fully saturated rings. The van der Waals surface area contributed by atoms with Crippen molar-refractivity contribution < 1.29 is 4.79 Å². The fourth-order valence-electron chi connectivity index (χ4n) is 1.67. The second-order valence-electron chi connectivity index (χ2n) is 5.44. The van der Waals surface area contributed by atoms with Crippen LogP contribution in [0.1, 0.15) is 66.7 Å². The lowest BCUT2D eigenvalue weighted by Crippen LogP contribution is -1.83. The number of rotatable bonds is 8. The van der Waals surface area contributed by atoms with Crippen LogP contribution in [-0.4, -0.2) is 5.78 Å². The van der Waals surface area contributed by atoms with E-state index in [2.05, 4.69) is 45.6 Å². The molecular formula is C18H28O. The molecule has 0 radical (unpaired) electrons. The van der Waals surface area contributed by atoms with E-state index in [0.29, 0.717) is 6.42 Å². The van der Waals surface area contributed by atoms with Gasteiger partial charge in [-0.1, -0.05) is 23.3 Å². The molecule has 1 heteroatoms. The largest absolute Gasteiger partial charge is 0.300 e. The Labute approximate surface area is 118 Å². The maximum Gasteiger partial charge on any atom is 0.134 e. The zero-order chi connectivity index (χ0) is 14.7. The van der Waals surface area contributed by atoms with Crippen molar-refractivity contribution in [3.05, 3.63) is 40.7 Å². The van der Waals surface area contributed by atoms with E-state index in [4.69, 9.17) is 0 Å². The van der Waals surface area contributed by atoms with E-state index in [9.17, 15) is 4.79 Å². The Bertz CT molecular complexity index is 397. The Morgan fingerprint density at radius 1 is 0.947 bits per heavy atom. The second-order valence-corrected chi connectivity index (χ2v) is 5.44. The van der Waals surface area contributed by atoms with Gasteiger partial charge in [0.25, 0.3) is 0 Å². The van der Waals surface area contributed by atoms with Crippen molar-refractivity contribution in [2.75, 3.05) is 0 Å². The molecule has 0 aromatic heterocycles. The number of hydrogen-bond acceptors (Lipinski definition) is 1. The van der Waals surface area contributed by atoms with Gasteiger partial charge < -0.3 is 0 Å². The summed E-state index contributed by atoms with van der Waals surface area (Å²) in [6, 6.07) is 0. The quantitative estimate of drug-likeness (QED) is 0.413. The molecule has 0 amide bonds. The first-order valence-electron chi connectivity index (χ1n) is 7.11. The molecule has 0 aliphatic rings. The van der Waals surface area contributed by atoms with Crippen molar-refractivity contribution in [3.8, 4) is 0 Å². The Balaban J connectivity index is 4.02. The van der Waals surface area contributed by atoms with Crippen LogP contribution < -0.4 is 0 Å². The molecule has 0 atom stereocenters. The van der Waals surface area contributed by atoms with Gasteiger partial charge in [-0.25, -0.2) is 0 Å². The molecule has 0 unspecified atom stereocenters. The Hall–Kier alpha value is -1.33. The van der Waals surface area contributed by atoms with Crippen LogP contribution in [0.5, 0.6) is 0 Å². The van der Waals surface area contributed by atoms with Crippen LogP contribution >= 0.6 is 0 Å². The van der Waals surface area contributed by atoms with Crippen LogP contribution in [0.2, 0.25) is 0 Å². The summed E-state index contributed by atoms with van der Waals surface area (Å²) < 4.78 is 0. The van der Waals surface area contributed by atoms with Crippen molar-refractivity contribution in [2.24, 2.45) is 0 Å². The van der Waals surface area contributed by atoms with Gasteiger partial charge in [0.1, 0.15) is 5.78 Å². The number of hydrogen-bond donors (Lipinski definition) is 0. The second kappa shape index (κ2) is 10.6. The van der Waals surface area contributed by atoms with E-state index in [1.54, 1.807) is 6.92 Å². The van der Waals surface area contributed by atoms with Gasteiger partial charge in [-0.2, -0.15) is 0 Å². The fraction of sp³-hybridized carbons (Fsp3) is 0.556. The van der Waals surface area contributed by atoms with Crippen LogP contribution in [0.25, 0.3) is 0 Å². The molecule has 0 spiro atoms. The minimum atomic E-state index is 0.190. The van der Waals surface area contributed by atoms with Crippen LogP contribution in [0, 0.1) is 0 Å². The predicted molar refractivity (Wildman–Crippen MR) is 84.2 cm³/mol. The number of Topliss-reactive ketones (excluding diaryl/α,β-unsaturated/α-hetero) is 1. The number of ketones is 1. The molecule has 0 aliphatic heterocycles. The minimum Gasteiger partial charge on any atom is -0.300 e. The van der Waals surface area contributed by atoms with Gasteiger partial charge in [0.2, 0.25) is 0 Å². The maximum absolute atomic E-state index is 10.8. The van der Waals surface area contributed by atoms with Gasteiger partial charge in [-0.3, -0.25) is 4.79 Å². The first-order chi connectivity index (χ1) is 8.91. The molecule has 0 aromatic carbocycles. The monoisotopic (exact) mass is 260 g/mol. The highest BCUT2D eigenvalue weighted by molar-refractivity contribution is 5.76. The third-order valence-corrected chi connectivity index (χ3v) is 2.84. The first kappa shape index (κ1) is 17.7. The first-order valence-corrected chi connectivity index (χ1v) is 7.11. The lowest BCUT2D eigenvalue weighted by molar-refractivity contribution is -0.116. The average molecular weight is 260 g/mol. The summed E-state index contributed by atoms with van der Waals surface area (Å²) in [6.45, 7) is 10.2. The summed E-state index contributed by atoms with van der Waals surface area (Å²) in [5.41, 5.74) is 7.24. The van der Waals surface area contributed by atoms with E-state index in [1.165, 1.54) is 16.7 Å². The van der Waals surface area contributed by atoms with Crippen LogP contribution in [-0.2, 0) is 4.79 Å². The lowest BCUT2D eigenvalue weighted by Gasteiger charge is -1.99. The number of allylic oxidation sites excluding steroid dienone is 5. The molecule has 1 nitrogen and oxygen atoms in total. The van der Waals surface area contributed by atoms with Crippen molar-refractivity contribution >= 4 is 5.78 Å².